The second-order valence-corrected chi connectivity index (χ2v) is 6.99. The lowest BCUT2D eigenvalue weighted by Gasteiger charge is -2.31. The average Bonchev–Trinajstić information content (AvgIpc) is 2.66. The summed E-state index contributed by atoms with van der Waals surface area (Å²) < 4.78 is 22.5. The molecule has 0 spiro atoms. The Bertz CT molecular complexity index is 364. The molecule has 0 aromatic carbocycles. The van der Waals surface area contributed by atoms with Gasteiger partial charge in [0.2, 0.25) is 0 Å². The first-order valence-corrected chi connectivity index (χ1v) is 7.47. The first-order chi connectivity index (χ1) is 7.48. The Morgan fingerprint density at radius 3 is 2.31 bits per heavy atom. The lowest BCUT2D eigenvalue weighted by Crippen LogP contribution is -2.45. The minimum absolute atomic E-state index is 0.223. The molecular weight excluding hydrogens is 230 g/mol. The number of hydrogen-bond donors (Lipinski definition) is 1. The highest BCUT2D eigenvalue weighted by atomic mass is 32.2. The van der Waals surface area contributed by atoms with Crippen LogP contribution in [0, 0.1) is 5.92 Å². The minimum Gasteiger partial charge on any atom is -0.481 e. The van der Waals surface area contributed by atoms with Gasteiger partial charge in [-0.05, 0) is 19.3 Å². The molecule has 1 heterocycles. The third-order valence-corrected chi connectivity index (χ3v) is 5.26. The van der Waals surface area contributed by atoms with Crippen molar-refractivity contribution >= 4 is 15.8 Å². The molecule has 1 saturated carbocycles. The number of sulfone groups is 1. The molecule has 2 fully saturated rings. The summed E-state index contributed by atoms with van der Waals surface area (Å²) in [6, 6.07) is 0.275. The molecule has 1 N–H and O–H groups in total. The zero-order chi connectivity index (χ0) is 11.8. The fourth-order valence-corrected chi connectivity index (χ4v) is 3.83. The first kappa shape index (κ1) is 11.9. The van der Waals surface area contributed by atoms with Crippen molar-refractivity contribution in [2.75, 3.05) is 24.6 Å². The average molecular weight is 247 g/mol. The summed E-state index contributed by atoms with van der Waals surface area (Å²) in [6.45, 7) is 1.14. The Morgan fingerprint density at radius 2 is 1.81 bits per heavy atom. The second-order valence-electron chi connectivity index (χ2n) is 4.69. The highest BCUT2D eigenvalue weighted by molar-refractivity contribution is 7.91. The van der Waals surface area contributed by atoms with Gasteiger partial charge in [-0.3, -0.25) is 9.69 Å². The monoisotopic (exact) mass is 247 g/mol. The van der Waals surface area contributed by atoms with Crippen molar-refractivity contribution < 1.29 is 18.3 Å². The predicted molar refractivity (Wildman–Crippen MR) is 59.0 cm³/mol. The van der Waals surface area contributed by atoms with Crippen LogP contribution in [-0.2, 0) is 14.6 Å². The van der Waals surface area contributed by atoms with E-state index in [0.29, 0.717) is 19.5 Å². The van der Waals surface area contributed by atoms with E-state index >= 15 is 0 Å². The van der Waals surface area contributed by atoms with Gasteiger partial charge in [0.25, 0.3) is 0 Å². The number of carbonyl (C=O) groups is 1. The maximum Gasteiger partial charge on any atom is 0.306 e. The van der Waals surface area contributed by atoms with Gasteiger partial charge in [-0.15, -0.1) is 0 Å². The van der Waals surface area contributed by atoms with E-state index < -0.39 is 15.8 Å². The molecule has 0 aromatic rings. The predicted octanol–water partition coefficient (Wildman–Crippen LogP) is -0.0299. The van der Waals surface area contributed by atoms with Gasteiger partial charge in [-0.25, -0.2) is 8.42 Å². The Balaban J connectivity index is 1.89. The van der Waals surface area contributed by atoms with Crippen LogP contribution in [-0.4, -0.2) is 55.0 Å². The molecule has 1 saturated heterocycles. The van der Waals surface area contributed by atoms with Crippen LogP contribution in [0.25, 0.3) is 0 Å². The second kappa shape index (κ2) is 4.33. The van der Waals surface area contributed by atoms with Gasteiger partial charge in [0.15, 0.2) is 9.84 Å². The molecule has 0 radical (unpaired) electrons. The molecule has 0 aromatic heterocycles. The number of nitrogens with zero attached hydrogens (tertiary/aromatic N) is 1. The van der Waals surface area contributed by atoms with Gasteiger partial charge >= 0.3 is 5.97 Å². The van der Waals surface area contributed by atoms with E-state index in [2.05, 4.69) is 4.90 Å². The van der Waals surface area contributed by atoms with Crippen LogP contribution in [0.2, 0.25) is 0 Å². The van der Waals surface area contributed by atoms with Crippen molar-refractivity contribution in [1.29, 1.82) is 0 Å². The standard InChI is InChI=1S/C10H17NO4S/c12-10(13)8-1-2-9(7-8)11-3-5-16(14,15)6-4-11/h8-9H,1-7H2,(H,12,13). The van der Waals surface area contributed by atoms with Crippen molar-refractivity contribution in [1.82, 2.24) is 4.90 Å². The molecule has 2 rings (SSSR count). The molecule has 16 heavy (non-hydrogen) atoms. The summed E-state index contributed by atoms with van der Waals surface area (Å²) in [5.41, 5.74) is 0. The third kappa shape index (κ3) is 2.55. The summed E-state index contributed by atoms with van der Waals surface area (Å²) in [7, 11) is -2.83. The van der Waals surface area contributed by atoms with E-state index in [4.69, 9.17) is 5.11 Å². The van der Waals surface area contributed by atoms with Crippen molar-refractivity contribution in [2.45, 2.75) is 25.3 Å². The molecule has 2 atom stereocenters. The van der Waals surface area contributed by atoms with Gasteiger partial charge in [0.1, 0.15) is 0 Å². The van der Waals surface area contributed by atoms with Crippen LogP contribution in [0.4, 0.5) is 0 Å². The van der Waals surface area contributed by atoms with Gasteiger partial charge < -0.3 is 5.11 Å². The Hall–Kier alpha value is -0.620. The fraction of sp³-hybridized carbons (Fsp3) is 0.900. The van der Waals surface area contributed by atoms with Crippen molar-refractivity contribution in [3.05, 3.63) is 0 Å². The highest BCUT2D eigenvalue weighted by Crippen LogP contribution is 2.30. The third-order valence-electron chi connectivity index (χ3n) is 3.65. The normalized spacial score (nSPS) is 35.0. The highest BCUT2D eigenvalue weighted by Gasteiger charge is 2.35. The van der Waals surface area contributed by atoms with E-state index in [9.17, 15) is 13.2 Å². The lowest BCUT2D eigenvalue weighted by atomic mass is 10.1. The SMILES string of the molecule is O=C(O)C1CCC(N2CCS(=O)(=O)CC2)C1. The van der Waals surface area contributed by atoms with Crippen LogP contribution in [0.1, 0.15) is 19.3 Å². The van der Waals surface area contributed by atoms with Gasteiger partial charge in [0, 0.05) is 19.1 Å². The largest absolute Gasteiger partial charge is 0.481 e. The van der Waals surface area contributed by atoms with E-state index in [1.54, 1.807) is 0 Å². The molecule has 92 valence electrons. The minimum atomic E-state index is -2.83. The Labute approximate surface area is 95.4 Å². The Morgan fingerprint density at radius 1 is 1.19 bits per heavy atom. The van der Waals surface area contributed by atoms with E-state index in [-0.39, 0.29) is 23.5 Å². The van der Waals surface area contributed by atoms with Crippen molar-refractivity contribution in [2.24, 2.45) is 5.92 Å². The summed E-state index contributed by atoms with van der Waals surface area (Å²) in [6.07, 6.45) is 2.29. The van der Waals surface area contributed by atoms with Crippen LogP contribution >= 0.6 is 0 Å². The van der Waals surface area contributed by atoms with E-state index in [0.717, 1.165) is 12.8 Å². The quantitative estimate of drug-likeness (QED) is 0.741. The van der Waals surface area contributed by atoms with Gasteiger partial charge in [0.05, 0.1) is 17.4 Å². The van der Waals surface area contributed by atoms with Gasteiger partial charge in [-0.1, -0.05) is 0 Å². The molecule has 5 nitrogen and oxygen atoms in total. The molecular formula is C10H17NO4S. The summed E-state index contributed by atoms with van der Waals surface area (Å²) >= 11 is 0. The maximum atomic E-state index is 11.3. The van der Waals surface area contributed by atoms with Crippen LogP contribution in [0.5, 0.6) is 0 Å². The molecule has 6 heteroatoms. The van der Waals surface area contributed by atoms with Crippen molar-refractivity contribution in [3.63, 3.8) is 0 Å². The van der Waals surface area contributed by atoms with Gasteiger partial charge in [-0.2, -0.15) is 0 Å². The fourth-order valence-electron chi connectivity index (χ4n) is 2.61. The summed E-state index contributed by atoms with van der Waals surface area (Å²) in [4.78, 5) is 13.0. The van der Waals surface area contributed by atoms with Crippen LogP contribution in [0.3, 0.4) is 0 Å². The molecule has 1 aliphatic heterocycles. The Kier molecular flexibility index (Phi) is 3.21. The molecule has 0 bridgehead atoms. The summed E-state index contributed by atoms with van der Waals surface area (Å²) in [5.74, 6) is -0.502. The van der Waals surface area contributed by atoms with Crippen molar-refractivity contribution in [3.8, 4) is 0 Å². The number of carboxylic acid groups (broad SMARTS) is 1. The maximum absolute atomic E-state index is 11.3. The van der Waals surface area contributed by atoms with E-state index in [1.807, 2.05) is 0 Å². The topological polar surface area (TPSA) is 74.7 Å². The zero-order valence-corrected chi connectivity index (χ0v) is 9.95. The van der Waals surface area contributed by atoms with Crippen LogP contribution in [0.15, 0.2) is 0 Å². The molecule has 0 amide bonds. The number of rotatable bonds is 2. The number of carboxylic acids is 1. The zero-order valence-electron chi connectivity index (χ0n) is 9.13. The summed E-state index contributed by atoms with van der Waals surface area (Å²) in [5, 5.41) is 8.90. The first-order valence-electron chi connectivity index (χ1n) is 5.65. The molecule has 1 aliphatic carbocycles. The van der Waals surface area contributed by atoms with Crippen LogP contribution < -0.4 is 0 Å². The number of hydrogen-bond acceptors (Lipinski definition) is 4. The smallest absolute Gasteiger partial charge is 0.306 e. The lowest BCUT2D eigenvalue weighted by molar-refractivity contribution is -0.141. The molecule has 2 aliphatic rings. The van der Waals surface area contributed by atoms with E-state index in [1.165, 1.54) is 0 Å². The number of aliphatic carboxylic acids is 1. The molecule has 2 unspecified atom stereocenters.